The van der Waals surface area contributed by atoms with Gasteiger partial charge in [0, 0.05) is 50.6 Å². The third-order valence-electron chi connectivity index (χ3n) is 3.57. The van der Waals surface area contributed by atoms with Crippen LogP contribution in [0.5, 0.6) is 0 Å². The lowest BCUT2D eigenvalue weighted by Gasteiger charge is -2.25. The lowest BCUT2D eigenvalue weighted by Crippen LogP contribution is -2.42. The van der Waals surface area contributed by atoms with Crippen molar-refractivity contribution >= 4 is 23.5 Å². The molecule has 0 atom stereocenters. The summed E-state index contributed by atoms with van der Waals surface area (Å²) in [7, 11) is 3.66. The molecule has 2 rings (SSSR count). The third kappa shape index (κ3) is 5.00. The fraction of sp³-hybridized carbons (Fsp3) is 0.467. The predicted molar refractivity (Wildman–Crippen MR) is 90.4 cm³/mol. The van der Waals surface area contributed by atoms with Gasteiger partial charge in [0.1, 0.15) is 0 Å². The normalized spacial score (nSPS) is 15.4. The van der Waals surface area contributed by atoms with Gasteiger partial charge in [0.15, 0.2) is 0 Å². The van der Waals surface area contributed by atoms with E-state index in [2.05, 4.69) is 10.5 Å². The van der Waals surface area contributed by atoms with Crippen LogP contribution >= 0.6 is 0 Å². The van der Waals surface area contributed by atoms with Crippen LogP contribution in [0.4, 0.5) is 11.4 Å². The quantitative estimate of drug-likeness (QED) is 0.460. The standard InChI is InChI=1S/C15H21N5O4/c1-18(2)14-4-3-13(20(22)23)9-12(14)10-16-17-15(21)11-19-5-7-24-8-6-19/h3-4,9-10H,5-8,11H2,1-2H3,(H,17,21)/b16-10+. The van der Waals surface area contributed by atoms with E-state index in [0.29, 0.717) is 31.9 Å². The molecule has 0 aliphatic carbocycles. The summed E-state index contributed by atoms with van der Waals surface area (Å²) < 4.78 is 5.22. The molecule has 0 saturated carbocycles. The van der Waals surface area contributed by atoms with E-state index in [-0.39, 0.29) is 18.1 Å². The topological polar surface area (TPSA) is 100 Å². The van der Waals surface area contributed by atoms with Crippen LogP contribution in [0, 0.1) is 10.1 Å². The Balaban J connectivity index is 2.00. The van der Waals surface area contributed by atoms with Gasteiger partial charge in [0.2, 0.25) is 0 Å². The van der Waals surface area contributed by atoms with Crippen molar-refractivity contribution in [2.24, 2.45) is 5.10 Å². The molecule has 1 aliphatic heterocycles. The summed E-state index contributed by atoms with van der Waals surface area (Å²) in [6.45, 7) is 2.92. The number of anilines is 1. The molecule has 1 fully saturated rings. The van der Waals surface area contributed by atoms with Crippen LogP contribution in [0.1, 0.15) is 5.56 Å². The molecule has 130 valence electrons. The van der Waals surface area contributed by atoms with Gasteiger partial charge in [-0.2, -0.15) is 5.10 Å². The first-order chi connectivity index (χ1) is 11.5. The van der Waals surface area contributed by atoms with Crippen molar-refractivity contribution in [3.63, 3.8) is 0 Å². The van der Waals surface area contributed by atoms with Crippen LogP contribution in [-0.4, -0.2) is 68.9 Å². The van der Waals surface area contributed by atoms with Crippen molar-refractivity contribution in [2.75, 3.05) is 51.8 Å². The van der Waals surface area contributed by atoms with Gasteiger partial charge in [-0.3, -0.25) is 19.8 Å². The number of amides is 1. The Hall–Kier alpha value is -2.52. The van der Waals surface area contributed by atoms with Crippen molar-refractivity contribution in [3.8, 4) is 0 Å². The zero-order chi connectivity index (χ0) is 17.5. The van der Waals surface area contributed by atoms with Crippen molar-refractivity contribution in [1.29, 1.82) is 0 Å². The predicted octanol–water partition coefficient (Wildman–Crippen LogP) is 0.443. The molecule has 1 aromatic carbocycles. The van der Waals surface area contributed by atoms with Gasteiger partial charge in [0.25, 0.3) is 11.6 Å². The zero-order valence-corrected chi connectivity index (χ0v) is 13.8. The van der Waals surface area contributed by atoms with Crippen LogP contribution in [-0.2, 0) is 9.53 Å². The van der Waals surface area contributed by atoms with Gasteiger partial charge in [0.05, 0.1) is 30.9 Å². The lowest BCUT2D eigenvalue weighted by molar-refractivity contribution is -0.384. The van der Waals surface area contributed by atoms with Crippen molar-refractivity contribution in [1.82, 2.24) is 10.3 Å². The van der Waals surface area contributed by atoms with Crippen molar-refractivity contribution in [3.05, 3.63) is 33.9 Å². The molecule has 1 amide bonds. The number of nitro groups is 1. The molecular formula is C15H21N5O4. The molecule has 1 aromatic rings. The minimum Gasteiger partial charge on any atom is -0.379 e. The third-order valence-corrected chi connectivity index (χ3v) is 3.57. The molecule has 24 heavy (non-hydrogen) atoms. The number of hydrogen-bond acceptors (Lipinski definition) is 7. The molecule has 1 saturated heterocycles. The largest absolute Gasteiger partial charge is 0.379 e. The molecule has 9 heteroatoms. The lowest BCUT2D eigenvalue weighted by atomic mass is 10.1. The van der Waals surface area contributed by atoms with Gasteiger partial charge < -0.3 is 9.64 Å². The highest BCUT2D eigenvalue weighted by Crippen LogP contribution is 2.22. The Kier molecular flexibility index (Phi) is 6.21. The molecule has 9 nitrogen and oxygen atoms in total. The first-order valence-corrected chi connectivity index (χ1v) is 7.55. The maximum atomic E-state index is 11.9. The molecule has 1 heterocycles. The maximum Gasteiger partial charge on any atom is 0.270 e. The van der Waals surface area contributed by atoms with Crippen LogP contribution in [0.3, 0.4) is 0 Å². The minimum atomic E-state index is -0.464. The number of nitrogens with one attached hydrogen (secondary N) is 1. The van der Waals surface area contributed by atoms with E-state index in [1.165, 1.54) is 18.3 Å². The van der Waals surface area contributed by atoms with Crippen LogP contribution in [0.15, 0.2) is 23.3 Å². The van der Waals surface area contributed by atoms with Crippen LogP contribution in [0.2, 0.25) is 0 Å². The number of non-ortho nitro benzene ring substituents is 1. The van der Waals surface area contributed by atoms with E-state index < -0.39 is 4.92 Å². The van der Waals surface area contributed by atoms with Crippen LogP contribution in [0.25, 0.3) is 0 Å². The van der Waals surface area contributed by atoms with E-state index in [0.717, 1.165) is 5.69 Å². The zero-order valence-electron chi connectivity index (χ0n) is 13.8. The van der Waals surface area contributed by atoms with Gasteiger partial charge in [-0.15, -0.1) is 0 Å². The average Bonchev–Trinajstić information content (AvgIpc) is 2.55. The van der Waals surface area contributed by atoms with Gasteiger partial charge in [-0.25, -0.2) is 5.43 Å². The molecule has 0 unspecified atom stereocenters. The second-order valence-electron chi connectivity index (χ2n) is 5.58. The number of carbonyl (C=O) groups is 1. The second kappa shape index (κ2) is 8.37. The number of benzene rings is 1. The van der Waals surface area contributed by atoms with E-state index in [1.54, 1.807) is 6.07 Å². The molecule has 0 bridgehead atoms. The number of ether oxygens (including phenoxy) is 1. The van der Waals surface area contributed by atoms with E-state index in [1.807, 2.05) is 23.9 Å². The monoisotopic (exact) mass is 335 g/mol. The summed E-state index contributed by atoms with van der Waals surface area (Å²) in [6.07, 6.45) is 1.42. The second-order valence-corrected chi connectivity index (χ2v) is 5.58. The average molecular weight is 335 g/mol. The SMILES string of the molecule is CN(C)c1ccc([N+](=O)[O-])cc1/C=N/NC(=O)CN1CCOCC1. The molecule has 0 radical (unpaired) electrons. The molecule has 1 aliphatic rings. The van der Waals surface area contributed by atoms with E-state index in [4.69, 9.17) is 4.74 Å². The Bertz CT molecular complexity index is 626. The Labute approximate surface area is 140 Å². The fourth-order valence-corrected chi connectivity index (χ4v) is 2.34. The first-order valence-electron chi connectivity index (χ1n) is 7.55. The summed E-state index contributed by atoms with van der Waals surface area (Å²) in [6, 6.07) is 4.51. The molecule has 0 aromatic heterocycles. The van der Waals surface area contributed by atoms with E-state index >= 15 is 0 Å². The number of hydrogen-bond donors (Lipinski definition) is 1. The summed E-state index contributed by atoms with van der Waals surface area (Å²) in [5.74, 6) is -0.231. The molecule has 0 spiro atoms. The summed E-state index contributed by atoms with van der Waals surface area (Å²) in [5, 5.41) is 14.8. The summed E-state index contributed by atoms with van der Waals surface area (Å²) >= 11 is 0. The van der Waals surface area contributed by atoms with Crippen LogP contribution < -0.4 is 10.3 Å². The number of rotatable bonds is 6. The number of nitro benzene ring substituents is 1. The number of hydrazone groups is 1. The fourth-order valence-electron chi connectivity index (χ4n) is 2.34. The van der Waals surface area contributed by atoms with E-state index in [9.17, 15) is 14.9 Å². The molecule has 1 N–H and O–H groups in total. The smallest absolute Gasteiger partial charge is 0.270 e. The Morgan fingerprint density at radius 1 is 1.46 bits per heavy atom. The van der Waals surface area contributed by atoms with Gasteiger partial charge in [-0.05, 0) is 6.07 Å². The summed E-state index contributed by atoms with van der Waals surface area (Å²) in [4.78, 5) is 26.1. The van der Waals surface area contributed by atoms with Crippen molar-refractivity contribution in [2.45, 2.75) is 0 Å². The molecular weight excluding hydrogens is 314 g/mol. The highest BCUT2D eigenvalue weighted by molar-refractivity contribution is 5.90. The maximum absolute atomic E-state index is 11.9. The minimum absolute atomic E-state index is 0.0262. The number of carbonyl (C=O) groups excluding carboxylic acids is 1. The highest BCUT2D eigenvalue weighted by atomic mass is 16.6. The number of nitrogens with zero attached hydrogens (tertiary/aromatic N) is 4. The number of morpholine rings is 1. The van der Waals surface area contributed by atoms with Crippen molar-refractivity contribution < 1.29 is 14.5 Å². The first kappa shape index (κ1) is 17.8. The Morgan fingerprint density at radius 2 is 2.17 bits per heavy atom. The van der Waals surface area contributed by atoms with Gasteiger partial charge >= 0.3 is 0 Å². The van der Waals surface area contributed by atoms with Gasteiger partial charge in [-0.1, -0.05) is 0 Å². The highest BCUT2D eigenvalue weighted by Gasteiger charge is 2.14. The summed E-state index contributed by atoms with van der Waals surface area (Å²) in [5.41, 5.74) is 3.75. The Morgan fingerprint density at radius 3 is 2.79 bits per heavy atom.